The number of carbonyl (C=O) groups is 2. The van der Waals surface area contributed by atoms with E-state index in [0.717, 1.165) is 22.5 Å². The molecule has 0 aliphatic heterocycles. The fourth-order valence-corrected chi connectivity index (χ4v) is 3.63. The molecule has 8 heteroatoms. The Morgan fingerprint density at radius 1 is 1.03 bits per heavy atom. The summed E-state index contributed by atoms with van der Waals surface area (Å²) in [7, 11) is 0. The van der Waals surface area contributed by atoms with E-state index in [2.05, 4.69) is 15.8 Å². The van der Waals surface area contributed by atoms with Gasteiger partial charge in [-0.1, -0.05) is 36.4 Å². The van der Waals surface area contributed by atoms with Gasteiger partial charge >= 0.3 is 6.18 Å². The molecule has 1 fully saturated rings. The zero-order valence-electron chi connectivity index (χ0n) is 15.2. The second-order valence-corrected chi connectivity index (χ2v) is 7.11. The number of hydrogen-bond acceptors (Lipinski definition) is 2. The molecule has 29 heavy (non-hydrogen) atoms. The van der Waals surface area contributed by atoms with Gasteiger partial charge in [-0.25, -0.2) is 0 Å². The van der Waals surface area contributed by atoms with Crippen molar-refractivity contribution in [3.05, 3.63) is 71.4 Å². The van der Waals surface area contributed by atoms with Crippen molar-refractivity contribution in [2.75, 3.05) is 0 Å². The SMILES string of the molecule is O=C(Cc1c[nH]c2ccccc12)NNC(=O)C1CC1c1ccccc1C(F)(F)F. The van der Waals surface area contributed by atoms with Crippen LogP contribution in [0, 0.1) is 5.92 Å². The van der Waals surface area contributed by atoms with Crippen LogP contribution in [-0.2, 0) is 22.2 Å². The Balaban J connectivity index is 1.34. The molecule has 2 amide bonds. The second kappa shape index (κ2) is 7.27. The van der Waals surface area contributed by atoms with Crippen LogP contribution in [0.3, 0.4) is 0 Å². The highest BCUT2D eigenvalue weighted by molar-refractivity contribution is 5.90. The fourth-order valence-electron chi connectivity index (χ4n) is 3.63. The molecule has 5 nitrogen and oxygen atoms in total. The quantitative estimate of drug-likeness (QED) is 0.584. The maximum atomic E-state index is 13.1. The summed E-state index contributed by atoms with van der Waals surface area (Å²) in [6.07, 6.45) is -2.35. The summed E-state index contributed by atoms with van der Waals surface area (Å²) in [5, 5.41) is 0.917. The summed E-state index contributed by atoms with van der Waals surface area (Å²) in [5.74, 6) is -1.99. The molecule has 3 aromatic rings. The number of halogens is 3. The molecule has 2 atom stereocenters. The molecule has 0 radical (unpaired) electrons. The van der Waals surface area contributed by atoms with Gasteiger partial charge in [0, 0.05) is 23.0 Å². The first-order valence-corrected chi connectivity index (χ1v) is 9.14. The number of aromatic amines is 1. The first-order valence-electron chi connectivity index (χ1n) is 9.14. The van der Waals surface area contributed by atoms with Crippen LogP contribution in [0.1, 0.15) is 29.0 Å². The third-order valence-corrected chi connectivity index (χ3v) is 5.14. The Bertz CT molecular complexity index is 1070. The smallest absolute Gasteiger partial charge is 0.361 e. The normalized spacial score (nSPS) is 18.4. The van der Waals surface area contributed by atoms with E-state index in [-0.39, 0.29) is 12.0 Å². The number of hydrogen-bond donors (Lipinski definition) is 3. The lowest BCUT2D eigenvalue weighted by atomic mass is 10.0. The van der Waals surface area contributed by atoms with Gasteiger partial charge in [0.1, 0.15) is 0 Å². The van der Waals surface area contributed by atoms with Crippen LogP contribution in [0.15, 0.2) is 54.7 Å². The largest absolute Gasteiger partial charge is 0.416 e. The van der Waals surface area contributed by atoms with Crippen molar-refractivity contribution in [2.24, 2.45) is 5.92 Å². The lowest BCUT2D eigenvalue weighted by molar-refractivity contribution is -0.138. The molecular weight excluding hydrogens is 383 g/mol. The molecule has 2 unspecified atom stereocenters. The van der Waals surface area contributed by atoms with Crippen molar-refractivity contribution in [2.45, 2.75) is 24.9 Å². The average molecular weight is 401 g/mol. The lowest BCUT2D eigenvalue weighted by Gasteiger charge is -2.12. The minimum Gasteiger partial charge on any atom is -0.361 e. The highest BCUT2D eigenvalue weighted by atomic mass is 19.4. The van der Waals surface area contributed by atoms with Gasteiger partial charge < -0.3 is 4.98 Å². The number of aromatic nitrogens is 1. The lowest BCUT2D eigenvalue weighted by Crippen LogP contribution is -2.43. The maximum absolute atomic E-state index is 13.1. The number of hydrazine groups is 1. The number of fused-ring (bicyclic) bond motifs is 1. The van der Waals surface area contributed by atoms with Gasteiger partial charge in [-0.3, -0.25) is 20.4 Å². The van der Waals surface area contributed by atoms with Crippen molar-refractivity contribution < 1.29 is 22.8 Å². The average Bonchev–Trinajstić information content (AvgIpc) is 3.41. The van der Waals surface area contributed by atoms with Gasteiger partial charge in [0.2, 0.25) is 11.8 Å². The van der Waals surface area contributed by atoms with Crippen LogP contribution < -0.4 is 10.9 Å². The van der Waals surface area contributed by atoms with Crippen molar-refractivity contribution >= 4 is 22.7 Å². The van der Waals surface area contributed by atoms with E-state index in [1.165, 1.54) is 18.2 Å². The van der Waals surface area contributed by atoms with Crippen molar-refractivity contribution in [3.8, 4) is 0 Å². The maximum Gasteiger partial charge on any atom is 0.416 e. The predicted octanol–water partition coefficient (Wildman–Crippen LogP) is 3.68. The first-order chi connectivity index (χ1) is 13.8. The molecule has 1 aromatic heterocycles. The van der Waals surface area contributed by atoms with Gasteiger partial charge in [-0.2, -0.15) is 13.2 Å². The molecule has 1 aliphatic carbocycles. The molecule has 2 aromatic carbocycles. The number of H-pyrrole nitrogens is 1. The third kappa shape index (κ3) is 3.96. The van der Waals surface area contributed by atoms with E-state index in [9.17, 15) is 22.8 Å². The molecule has 0 bridgehead atoms. The molecule has 0 spiro atoms. The van der Waals surface area contributed by atoms with Crippen LogP contribution in [-0.4, -0.2) is 16.8 Å². The molecular formula is C21H18F3N3O2. The minimum absolute atomic E-state index is 0.0648. The second-order valence-electron chi connectivity index (χ2n) is 7.11. The third-order valence-electron chi connectivity index (χ3n) is 5.14. The number of para-hydroxylation sites is 1. The Kier molecular flexibility index (Phi) is 4.77. The topological polar surface area (TPSA) is 74.0 Å². The summed E-state index contributed by atoms with van der Waals surface area (Å²) in [4.78, 5) is 27.5. The summed E-state index contributed by atoms with van der Waals surface area (Å²) in [6, 6.07) is 12.8. The molecule has 4 rings (SSSR count). The van der Waals surface area contributed by atoms with Crippen molar-refractivity contribution in [3.63, 3.8) is 0 Å². The van der Waals surface area contributed by atoms with Crippen LogP contribution in [0.5, 0.6) is 0 Å². The molecule has 1 saturated carbocycles. The molecule has 0 saturated heterocycles. The van der Waals surface area contributed by atoms with E-state index in [1.807, 2.05) is 24.3 Å². The Morgan fingerprint density at radius 2 is 1.76 bits per heavy atom. The highest BCUT2D eigenvalue weighted by Gasteiger charge is 2.47. The van der Waals surface area contributed by atoms with Gasteiger partial charge in [0.15, 0.2) is 0 Å². The zero-order valence-corrected chi connectivity index (χ0v) is 15.2. The Hall–Kier alpha value is -3.29. The number of nitrogens with one attached hydrogen (secondary N) is 3. The highest BCUT2D eigenvalue weighted by Crippen LogP contribution is 2.50. The molecule has 1 aliphatic rings. The molecule has 150 valence electrons. The van der Waals surface area contributed by atoms with Crippen LogP contribution in [0.4, 0.5) is 13.2 Å². The number of benzene rings is 2. The monoisotopic (exact) mass is 401 g/mol. The summed E-state index contributed by atoms with van der Waals surface area (Å²) in [6.45, 7) is 0. The standard InChI is InChI=1S/C21H18F3N3O2/c22-21(23,24)17-7-3-1-6-14(17)15-10-16(15)20(29)27-26-19(28)9-12-11-25-18-8-4-2-5-13(12)18/h1-8,11,15-16,25H,9-10H2,(H,26,28)(H,27,29). The van der Waals surface area contributed by atoms with E-state index >= 15 is 0 Å². The van der Waals surface area contributed by atoms with E-state index < -0.39 is 35.4 Å². The number of carbonyl (C=O) groups excluding carboxylic acids is 2. The van der Waals surface area contributed by atoms with Gasteiger partial charge in [0.25, 0.3) is 0 Å². The van der Waals surface area contributed by atoms with Crippen LogP contribution in [0.25, 0.3) is 10.9 Å². The van der Waals surface area contributed by atoms with Crippen molar-refractivity contribution in [1.29, 1.82) is 0 Å². The zero-order chi connectivity index (χ0) is 20.6. The summed E-state index contributed by atoms with van der Waals surface area (Å²) in [5.41, 5.74) is 5.77. The number of rotatable bonds is 4. The van der Waals surface area contributed by atoms with Crippen molar-refractivity contribution in [1.82, 2.24) is 15.8 Å². The van der Waals surface area contributed by atoms with Crippen LogP contribution >= 0.6 is 0 Å². The molecule has 1 heterocycles. The van der Waals surface area contributed by atoms with Gasteiger partial charge in [-0.05, 0) is 35.6 Å². The van der Waals surface area contributed by atoms with Gasteiger partial charge in [-0.15, -0.1) is 0 Å². The predicted molar refractivity (Wildman–Crippen MR) is 101 cm³/mol. The minimum atomic E-state index is -4.46. The first kappa shape index (κ1) is 19.0. The van der Waals surface area contributed by atoms with E-state index in [1.54, 1.807) is 6.20 Å². The Labute approximate surface area is 164 Å². The van der Waals surface area contributed by atoms with Gasteiger partial charge in [0.05, 0.1) is 12.0 Å². The summed E-state index contributed by atoms with van der Waals surface area (Å²) >= 11 is 0. The van der Waals surface area contributed by atoms with E-state index in [0.29, 0.717) is 6.42 Å². The number of amides is 2. The summed E-state index contributed by atoms with van der Waals surface area (Å²) < 4.78 is 39.4. The number of alkyl halides is 3. The van der Waals surface area contributed by atoms with E-state index in [4.69, 9.17) is 0 Å². The molecule has 3 N–H and O–H groups in total. The fraction of sp³-hybridized carbons (Fsp3) is 0.238. The van der Waals surface area contributed by atoms with Crippen LogP contribution in [0.2, 0.25) is 0 Å². The Morgan fingerprint density at radius 3 is 2.55 bits per heavy atom.